The maximum Gasteiger partial charge on any atom is 0.262 e. The molecule has 0 spiro atoms. The highest BCUT2D eigenvalue weighted by Gasteiger charge is 2.17. The Morgan fingerprint density at radius 3 is 2.50 bits per heavy atom. The van der Waals surface area contributed by atoms with Gasteiger partial charge in [-0.25, -0.2) is 0 Å². The third-order valence-electron chi connectivity index (χ3n) is 2.65. The van der Waals surface area contributed by atoms with E-state index >= 15 is 0 Å². The summed E-state index contributed by atoms with van der Waals surface area (Å²) in [4.78, 5) is 13.2. The largest absolute Gasteiger partial charge is 0.481 e. The number of benzene rings is 1. The fourth-order valence-corrected chi connectivity index (χ4v) is 1.46. The Labute approximate surface area is 97.0 Å². The van der Waals surface area contributed by atoms with Crippen molar-refractivity contribution >= 4 is 5.91 Å². The summed E-state index contributed by atoms with van der Waals surface area (Å²) in [5.74, 6) is 0.753. The van der Waals surface area contributed by atoms with Gasteiger partial charge in [-0.05, 0) is 38.0 Å². The maximum absolute atomic E-state index is 11.6. The molecule has 0 radical (unpaired) electrons. The molecule has 88 valence electrons. The van der Waals surface area contributed by atoms with E-state index in [9.17, 15) is 4.79 Å². The van der Waals surface area contributed by atoms with Gasteiger partial charge in [-0.2, -0.15) is 0 Å². The number of amides is 1. The van der Waals surface area contributed by atoms with Crippen molar-refractivity contribution < 1.29 is 9.53 Å². The molecule has 3 heteroatoms. The molecular weight excluding hydrogens is 202 g/mol. The van der Waals surface area contributed by atoms with Crippen LogP contribution in [-0.2, 0) is 4.79 Å². The van der Waals surface area contributed by atoms with E-state index < -0.39 is 6.10 Å². The second kappa shape index (κ2) is 5.01. The summed E-state index contributed by atoms with van der Waals surface area (Å²) < 4.78 is 5.66. The highest BCUT2D eigenvalue weighted by molar-refractivity contribution is 5.80. The predicted molar refractivity (Wildman–Crippen MR) is 64.7 cm³/mol. The third-order valence-corrected chi connectivity index (χ3v) is 2.65. The fourth-order valence-electron chi connectivity index (χ4n) is 1.46. The van der Waals surface area contributed by atoms with Gasteiger partial charge in [-0.3, -0.25) is 4.79 Å². The second-order valence-electron chi connectivity index (χ2n) is 4.19. The molecule has 0 N–H and O–H groups in total. The number of rotatable bonds is 3. The predicted octanol–water partition coefficient (Wildman–Crippen LogP) is 2.16. The molecule has 0 unspecified atom stereocenters. The third kappa shape index (κ3) is 2.75. The van der Waals surface area contributed by atoms with Crippen molar-refractivity contribution in [2.75, 3.05) is 14.1 Å². The number of nitrogens with zero attached hydrogens (tertiary/aromatic N) is 1. The van der Waals surface area contributed by atoms with Crippen molar-refractivity contribution in [1.82, 2.24) is 4.90 Å². The minimum Gasteiger partial charge on any atom is -0.481 e. The number of aryl methyl sites for hydroxylation is 1. The normalized spacial score (nSPS) is 12.1. The minimum absolute atomic E-state index is 0.0269. The summed E-state index contributed by atoms with van der Waals surface area (Å²) in [6, 6.07) is 5.85. The van der Waals surface area contributed by atoms with Gasteiger partial charge in [-0.1, -0.05) is 12.1 Å². The number of likely N-dealkylation sites (N-methyl/N-ethyl adjacent to an activating group) is 1. The van der Waals surface area contributed by atoms with Crippen LogP contribution in [0.5, 0.6) is 5.75 Å². The van der Waals surface area contributed by atoms with Crippen LogP contribution in [-0.4, -0.2) is 31.0 Å². The SMILES string of the molecule is Cc1cccc(O[C@@H](C)C(=O)N(C)C)c1C. The molecule has 0 aliphatic carbocycles. The molecule has 0 aliphatic heterocycles. The van der Waals surface area contributed by atoms with Gasteiger partial charge in [-0.15, -0.1) is 0 Å². The maximum atomic E-state index is 11.6. The van der Waals surface area contributed by atoms with Gasteiger partial charge in [0.2, 0.25) is 0 Å². The lowest BCUT2D eigenvalue weighted by molar-refractivity contribution is -0.135. The fraction of sp³-hybridized carbons (Fsp3) is 0.462. The Kier molecular flexibility index (Phi) is 3.93. The Hall–Kier alpha value is -1.51. The smallest absolute Gasteiger partial charge is 0.262 e. The number of hydrogen-bond donors (Lipinski definition) is 0. The van der Waals surface area contributed by atoms with Crippen LogP contribution < -0.4 is 4.74 Å². The van der Waals surface area contributed by atoms with Crippen molar-refractivity contribution in [2.45, 2.75) is 26.9 Å². The zero-order chi connectivity index (χ0) is 12.3. The van der Waals surface area contributed by atoms with Crippen LogP contribution >= 0.6 is 0 Å². The van der Waals surface area contributed by atoms with Gasteiger partial charge in [0.1, 0.15) is 5.75 Å². The van der Waals surface area contributed by atoms with E-state index in [4.69, 9.17) is 4.74 Å². The average molecular weight is 221 g/mol. The summed E-state index contributed by atoms with van der Waals surface area (Å²) in [5, 5.41) is 0. The summed E-state index contributed by atoms with van der Waals surface area (Å²) in [6.45, 7) is 5.79. The molecule has 1 amide bonds. The van der Waals surface area contributed by atoms with Crippen molar-refractivity contribution in [3.63, 3.8) is 0 Å². The first-order valence-corrected chi connectivity index (χ1v) is 5.37. The quantitative estimate of drug-likeness (QED) is 0.782. The molecule has 1 aromatic carbocycles. The van der Waals surface area contributed by atoms with Gasteiger partial charge in [0, 0.05) is 14.1 Å². The lowest BCUT2D eigenvalue weighted by Gasteiger charge is -2.19. The first-order valence-electron chi connectivity index (χ1n) is 5.37. The van der Waals surface area contributed by atoms with E-state index in [1.807, 2.05) is 32.0 Å². The van der Waals surface area contributed by atoms with E-state index in [1.54, 1.807) is 21.0 Å². The van der Waals surface area contributed by atoms with E-state index in [1.165, 1.54) is 10.5 Å². The average Bonchev–Trinajstić information content (AvgIpc) is 2.23. The lowest BCUT2D eigenvalue weighted by Crippen LogP contribution is -2.35. The topological polar surface area (TPSA) is 29.5 Å². The first kappa shape index (κ1) is 12.6. The zero-order valence-electron chi connectivity index (χ0n) is 10.6. The molecule has 0 heterocycles. The molecule has 0 bridgehead atoms. The summed E-state index contributed by atoms with van der Waals surface area (Å²) >= 11 is 0. The van der Waals surface area contributed by atoms with Crippen LogP contribution in [0.25, 0.3) is 0 Å². The number of ether oxygens (including phenoxy) is 1. The van der Waals surface area contributed by atoms with Crippen LogP contribution in [0.3, 0.4) is 0 Å². The van der Waals surface area contributed by atoms with Gasteiger partial charge in [0.25, 0.3) is 5.91 Å². The highest BCUT2D eigenvalue weighted by atomic mass is 16.5. The molecule has 0 saturated heterocycles. The van der Waals surface area contributed by atoms with Crippen molar-refractivity contribution in [1.29, 1.82) is 0 Å². The molecule has 0 saturated carbocycles. The Bertz CT molecular complexity index is 386. The molecular formula is C13H19NO2. The molecule has 1 rings (SSSR count). The molecule has 0 fully saturated rings. The monoisotopic (exact) mass is 221 g/mol. The van der Waals surface area contributed by atoms with Gasteiger partial charge in [0.15, 0.2) is 6.10 Å². The Morgan fingerprint density at radius 1 is 1.31 bits per heavy atom. The highest BCUT2D eigenvalue weighted by Crippen LogP contribution is 2.21. The number of carbonyl (C=O) groups excluding carboxylic acids is 1. The second-order valence-corrected chi connectivity index (χ2v) is 4.19. The van der Waals surface area contributed by atoms with Crippen LogP contribution in [0.4, 0.5) is 0 Å². The number of carbonyl (C=O) groups is 1. The number of hydrogen-bond acceptors (Lipinski definition) is 2. The Morgan fingerprint density at radius 2 is 1.94 bits per heavy atom. The van der Waals surface area contributed by atoms with E-state index in [0.29, 0.717) is 0 Å². The molecule has 0 aliphatic rings. The van der Waals surface area contributed by atoms with Crippen LogP contribution in [0.15, 0.2) is 18.2 Å². The molecule has 16 heavy (non-hydrogen) atoms. The van der Waals surface area contributed by atoms with E-state index in [-0.39, 0.29) is 5.91 Å². The Balaban J connectivity index is 2.81. The van der Waals surface area contributed by atoms with Gasteiger partial charge >= 0.3 is 0 Å². The standard InChI is InChI=1S/C13H19NO2/c1-9-7-6-8-12(10(9)2)16-11(3)13(15)14(4)5/h6-8,11H,1-5H3/t11-/m0/s1. The minimum atomic E-state index is -0.449. The zero-order valence-corrected chi connectivity index (χ0v) is 10.6. The van der Waals surface area contributed by atoms with E-state index in [0.717, 1.165) is 11.3 Å². The summed E-state index contributed by atoms with van der Waals surface area (Å²) in [5.41, 5.74) is 2.25. The molecule has 3 nitrogen and oxygen atoms in total. The molecule has 1 aromatic rings. The first-order chi connectivity index (χ1) is 7.43. The van der Waals surface area contributed by atoms with Crippen LogP contribution in [0, 0.1) is 13.8 Å². The van der Waals surface area contributed by atoms with Crippen molar-refractivity contribution in [2.24, 2.45) is 0 Å². The molecule has 0 aromatic heterocycles. The van der Waals surface area contributed by atoms with Crippen molar-refractivity contribution in [3.8, 4) is 5.75 Å². The lowest BCUT2D eigenvalue weighted by atomic mass is 10.1. The van der Waals surface area contributed by atoms with Gasteiger partial charge in [0.05, 0.1) is 0 Å². The van der Waals surface area contributed by atoms with Crippen LogP contribution in [0.1, 0.15) is 18.1 Å². The van der Waals surface area contributed by atoms with Crippen molar-refractivity contribution in [3.05, 3.63) is 29.3 Å². The van der Waals surface area contributed by atoms with E-state index in [2.05, 4.69) is 0 Å². The van der Waals surface area contributed by atoms with Crippen LogP contribution in [0.2, 0.25) is 0 Å². The van der Waals surface area contributed by atoms with Gasteiger partial charge < -0.3 is 9.64 Å². The molecule has 1 atom stereocenters. The summed E-state index contributed by atoms with van der Waals surface area (Å²) in [6.07, 6.45) is -0.449. The summed E-state index contributed by atoms with van der Waals surface area (Å²) in [7, 11) is 3.45.